The van der Waals surface area contributed by atoms with Gasteiger partial charge in [0.15, 0.2) is 0 Å². The van der Waals surface area contributed by atoms with Crippen LogP contribution >= 0.6 is 0 Å². The van der Waals surface area contributed by atoms with Crippen molar-refractivity contribution in [3.63, 3.8) is 0 Å². The van der Waals surface area contributed by atoms with Crippen molar-refractivity contribution in [2.75, 3.05) is 19.7 Å². The molecular weight excluding hydrogens is 264 g/mol. The van der Waals surface area contributed by atoms with E-state index in [2.05, 4.69) is 25.8 Å². The van der Waals surface area contributed by atoms with Crippen LogP contribution in [0, 0.1) is 11.3 Å². The third kappa shape index (κ3) is 3.67. The van der Waals surface area contributed by atoms with E-state index < -0.39 is 0 Å². The highest BCUT2D eigenvalue weighted by molar-refractivity contribution is 5.92. The summed E-state index contributed by atoms with van der Waals surface area (Å²) in [4.78, 5) is 17.6. The van der Waals surface area contributed by atoms with Crippen LogP contribution in [0.5, 0.6) is 0 Å². The number of amides is 1. The molecule has 1 unspecified atom stereocenters. The van der Waals surface area contributed by atoms with Gasteiger partial charge >= 0.3 is 0 Å². The maximum absolute atomic E-state index is 12.6. The average molecular weight is 292 g/mol. The Morgan fingerprint density at radius 3 is 2.90 bits per heavy atom. The molecule has 118 valence electrons. The highest BCUT2D eigenvalue weighted by Gasteiger charge is 2.35. The van der Waals surface area contributed by atoms with Crippen molar-refractivity contribution in [3.8, 4) is 0 Å². The van der Waals surface area contributed by atoms with E-state index in [9.17, 15) is 9.90 Å². The van der Waals surface area contributed by atoms with Gasteiger partial charge in [-0.2, -0.15) is 0 Å². The molecule has 0 radical (unpaired) electrons. The molecule has 1 fully saturated rings. The molecule has 0 spiro atoms. The molecule has 4 nitrogen and oxygen atoms in total. The first-order valence-electron chi connectivity index (χ1n) is 8.07. The van der Waals surface area contributed by atoms with Crippen LogP contribution in [0.4, 0.5) is 0 Å². The van der Waals surface area contributed by atoms with Crippen LogP contribution in [0.1, 0.15) is 56.1 Å². The smallest absolute Gasteiger partial charge is 0.270 e. The molecule has 1 aliphatic heterocycles. The lowest BCUT2D eigenvalue weighted by Gasteiger charge is -2.41. The number of rotatable bonds is 5. The number of hydrogen-bond acceptors (Lipinski definition) is 2. The fourth-order valence-electron chi connectivity index (χ4n) is 3.23. The standard InChI is InChI=1S/C17H28N2O2/c1-4-17(12-20)6-5-7-19(11-17)16(21)15-9-14(10-18-15)8-13(2)3/h9-10,13,18,20H,4-8,11-12H2,1-3H3. The Kier molecular flexibility index (Phi) is 5.09. The van der Waals surface area contributed by atoms with Gasteiger partial charge in [0.2, 0.25) is 0 Å². The first-order chi connectivity index (χ1) is 9.99. The molecule has 0 bridgehead atoms. The fourth-order valence-corrected chi connectivity index (χ4v) is 3.23. The minimum Gasteiger partial charge on any atom is -0.396 e. The lowest BCUT2D eigenvalue weighted by molar-refractivity contribution is 0.0248. The van der Waals surface area contributed by atoms with Gasteiger partial charge < -0.3 is 15.0 Å². The minimum absolute atomic E-state index is 0.0657. The van der Waals surface area contributed by atoms with E-state index in [4.69, 9.17) is 0 Å². The van der Waals surface area contributed by atoms with Gasteiger partial charge in [0.25, 0.3) is 5.91 Å². The quantitative estimate of drug-likeness (QED) is 0.877. The topological polar surface area (TPSA) is 56.3 Å². The molecule has 0 saturated carbocycles. The highest BCUT2D eigenvalue weighted by atomic mass is 16.3. The van der Waals surface area contributed by atoms with E-state index in [1.54, 1.807) is 0 Å². The van der Waals surface area contributed by atoms with Crippen LogP contribution in [0.15, 0.2) is 12.3 Å². The Labute approximate surface area is 127 Å². The normalized spacial score (nSPS) is 22.8. The fraction of sp³-hybridized carbons (Fsp3) is 0.706. The molecule has 2 N–H and O–H groups in total. The van der Waals surface area contributed by atoms with Crippen LogP contribution in [-0.4, -0.2) is 40.6 Å². The van der Waals surface area contributed by atoms with Gasteiger partial charge in [-0.15, -0.1) is 0 Å². The summed E-state index contributed by atoms with van der Waals surface area (Å²) in [6, 6.07) is 1.98. The SMILES string of the molecule is CCC1(CO)CCCN(C(=O)c2cc(CC(C)C)c[nH]2)C1. The van der Waals surface area contributed by atoms with Crippen LogP contribution in [0.2, 0.25) is 0 Å². The molecule has 0 aliphatic carbocycles. The molecule has 2 rings (SSSR count). The van der Waals surface area contributed by atoms with Crippen molar-refractivity contribution in [2.24, 2.45) is 11.3 Å². The molecule has 4 heteroatoms. The molecule has 1 aromatic rings. The van der Waals surface area contributed by atoms with Gasteiger partial charge in [0, 0.05) is 24.7 Å². The van der Waals surface area contributed by atoms with Crippen molar-refractivity contribution in [3.05, 3.63) is 23.5 Å². The Morgan fingerprint density at radius 2 is 2.29 bits per heavy atom. The van der Waals surface area contributed by atoms with Gasteiger partial charge in [-0.05, 0) is 43.2 Å². The van der Waals surface area contributed by atoms with Crippen molar-refractivity contribution >= 4 is 5.91 Å². The summed E-state index contributed by atoms with van der Waals surface area (Å²) in [6.07, 6.45) is 5.82. The summed E-state index contributed by atoms with van der Waals surface area (Å²) in [5.41, 5.74) is 1.76. The van der Waals surface area contributed by atoms with E-state index >= 15 is 0 Å². The number of likely N-dealkylation sites (tertiary alicyclic amines) is 1. The lowest BCUT2D eigenvalue weighted by atomic mass is 9.78. The zero-order chi connectivity index (χ0) is 15.5. The maximum atomic E-state index is 12.6. The number of aromatic nitrogens is 1. The van der Waals surface area contributed by atoms with Crippen LogP contribution in [0.3, 0.4) is 0 Å². The second-order valence-electron chi connectivity index (χ2n) is 6.86. The number of carbonyl (C=O) groups is 1. The predicted octanol–water partition coefficient (Wildman–Crippen LogP) is 2.84. The number of hydrogen-bond donors (Lipinski definition) is 2. The number of aliphatic hydroxyl groups is 1. The maximum Gasteiger partial charge on any atom is 0.270 e. The molecule has 21 heavy (non-hydrogen) atoms. The van der Waals surface area contributed by atoms with E-state index in [1.165, 1.54) is 5.56 Å². The van der Waals surface area contributed by atoms with Crippen molar-refractivity contribution in [1.29, 1.82) is 0 Å². The lowest BCUT2D eigenvalue weighted by Crippen LogP contribution is -2.47. The van der Waals surface area contributed by atoms with Crippen LogP contribution < -0.4 is 0 Å². The second kappa shape index (κ2) is 6.65. The number of aliphatic hydroxyl groups excluding tert-OH is 1. The minimum atomic E-state index is -0.110. The van der Waals surface area contributed by atoms with Gasteiger partial charge in [-0.1, -0.05) is 20.8 Å². The first kappa shape index (κ1) is 16.1. The second-order valence-corrected chi connectivity index (χ2v) is 6.86. The Morgan fingerprint density at radius 1 is 1.52 bits per heavy atom. The zero-order valence-corrected chi connectivity index (χ0v) is 13.5. The summed E-state index contributed by atoms with van der Waals surface area (Å²) in [5.74, 6) is 0.650. The number of nitrogens with zero attached hydrogens (tertiary/aromatic N) is 1. The van der Waals surface area contributed by atoms with E-state index in [0.29, 0.717) is 18.2 Å². The summed E-state index contributed by atoms with van der Waals surface area (Å²) in [7, 11) is 0. The van der Waals surface area contributed by atoms with E-state index in [1.807, 2.05) is 17.2 Å². The van der Waals surface area contributed by atoms with Gasteiger partial charge in [0.1, 0.15) is 5.69 Å². The summed E-state index contributed by atoms with van der Waals surface area (Å²) in [5, 5.41) is 9.67. The molecule has 1 atom stereocenters. The van der Waals surface area contributed by atoms with Crippen molar-refractivity contribution < 1.29 is 9.90 Å². The monoisotopic (exact) mass is 292 g/mol. The van der Waals surface area contributed by atoms with Gasteiger partial charge in [-0.25, -0.2) is 0 Å². The molecule has 1 amide bonds. The summed E-state index contributed by atoms with van der Waals surface area (Å²) >= 11 is 0. The molecule has 0 aromatic carbocycles. The first-order valence-corrected chi connectivity index (χ1v) is 8.07. The van der Waals surface area contributed by atoms with Gasteiger partial charge in [0.05, 0.1) is 6.61 Å². The number of nitrogens with one attached hydrogen (secondary N) is 1. The van der Waals surface area contributed by atoms with Crippen LogP contribution in [0.25, 0.3) is 0 Å². The number of H-pyrrole nitrogens is 1. The Bertz CT molecular complexity index is 475. The molecular formula is C17H28N2O2. The highest BCUT2D eigenvalue weighted by Crippen LogP contribution is 2.33. The molecule has 1 saturated heterocycles. The predicted molar refractivity (Wildman–Crippen MR) is 84.3 cm³/mol. The van der Waals surface area contributed by atoms with Crippen molar-refractivity contribution in [2.45, 2.75) is 46.5 Å². The number of aromatic amines is 1. The third-order valence-corrected chi connectivity index (χ3v) is 4.65. The van der Waals surface area contributed by atoms with Crippen LogP contribution in [-0.2, 0) is 6.42 Å². The Hall–Kier alpha value is -1.29. The average Bonchev–Trinajstić information content (AvgIpc) is 2.94. The third-order valence-electron chi connectivity index (χ3n) is 4.65. The zero-order valence-electron chi connectivity index (χ0n) is 13.5. The Balaban J connectivity index is 2.07. The molecule has 1 aromatic heterocycles. The van der Waals surface area contributed by atoms with E-state index in [-0.39, 0.29) is 17.9 Å². The van der Waals surface area contributed by atoms with Crippen molar-refractivity contribution in [1.82, 2.24) is 9.88 Å². The number of piperidine rings is 1. The van der Waals surface area contributed by atoms with Gasteiger partial charge in [-0.3, -0.25) is 4.79 Å². The molecule has 1 aliphatic rings. The summed E-state index contributed by atoms with van der Waals surface area (Å²) < 4.78 is 0. The summed E-state index contributed by atoms with van der Waals surface area (Å²) in [6.45, 7) is 8.07. The number of carbonyl (C=O) groups excluding carboxylic acids is 1. The van der Waals surface area contributed by atoms with E-state index in [0.717, 1.165) is 32.2 Å². The largest absolute Gasteiger partial charge is 0.396 e. The molecule has 2 heterocycles.